The second-order valence-electron chi connectivity index (χ2n) is 5.32. The SMILES string of the molecule is CCNC(Cc1nc(C)cs1)Cc1c(C)nn(C)c1C. The maximum absolute atomic E-state index is 4.58. The van der Waals surface area contributed by atoms with Crippen LogP contribution < -0.4 is 5.32 Å². The van der Waals surface area contributed by atoms with Crippen LogP contribution in [0.15, 0.2) is 5.38 Å². The summed E-state index contributed by atoms with van der Waals surface area (Å²) in [7, 11) is 2.01. The topological polar surface area (TPSA) is 42.7 Å². The third-order valence-electron chi connectivity index (χ3n) is 3.69. The summed E-state index contributed by atoms with van der Waals surface area (Å²) >= 11 is 1.76. The van der Waals surface area contributed by atoms with Crippen LogP contribution in [0.25, 0.3) is 0 Å². The summed E-state index contributed by atoms with van der Waals surface area (Å²) in [5.41, 5.74) is 4.89. The van der Waals surface area contributed by atoms with Gasteiger partial charge in [-0.15, -0.1) is 11.3 Å². The van der Waals surface area contributed by atoms with Gasteiger partial charge in [0, 0.05) is 36.3 Å². The zero-order chi connectivity index (χ0) is 14.7. The average molecular weight is 292 g/mol. The van der Waals surface area contributed by atoms with E-state index in [0.717, 1.165) is 30.8 Å². The Hall–Kier alpha value is -1.20. The minimum absolute atomic E-state index is 0.423. The highest BCUT2D eigenvalue weighted by Crippen LogP contribution is 2.17. The Morgan fingerprint density at radius 2 is 2.05 bits per heavy atom. The smallest absolute Gasteiger partial charge is 0.0943 e. The highest BCUT2D eigenvalue weighted by molar-refractivity contribution is 7.09. The molecule has 1 N–H and O–H groups in total. The fraction of sp³-hybridized carbons (Fsp3) is 0.600. The van der Waals surface area contributed by atoms with E-state index in [1.54, 1.807) is 11.3 Å². The lowest BCUT2D eigenvalue weighted by Crippen LogP contribution is -2.33. The third kappa shape index (κ3) is 3.46. The molecule has 0 radical (unpaired) electrons. The zero-order valence-electron chi connectivity index (χ0n) is 13.0. The fourth-order valence-electron chi connectivity index (χ4n) is 2.57. The molecule has 0 saturated carbocycles. The lowest BCUT2D eigenvalue weighted by molar-refractivity contribution is 0.518. The second kappa shape index (κ2) is 6.50. The monoisotopic (exact) mass is 292 g/mol. The van der Waals surface area contributed by atoms with E-state index in [0.29, 0.717) is 6.04 Å². The standard InChI is InChI=1S/C15H24N4S/c1-6-16-13(8-15-17-10(2)9-20-15)7-14-11(3)18-19(5)12(14)4/h9,13,16H,6-8H2,1-5H3. The molecule has 0 saturated heterocycles. The summed E-state index contributed by atoms with van der Waals surface area (Å²) in [5, 5.41) is 11.4. The second-order valence-corrected chi connectivity index (χ2v) is 6.26. The van der Waals surface area contributed by atoms with Crippen molar-refractivity contribution in [3.63, 3.8) is 0 Å². The Labute approximate surface area is 125 Å². The van der Waals surface area contributed by atoms with Crippen molar-refractivity contribution in [3.05, 3.63) is 33.0 Å². The molecule has 0 aliphatic rings. The summed E-state index contributed by atoms with van der Waals surface area (Å²) in [6.07, 6.45) is 2.00. The van der Waals surface area contributed by atoms with Crippen LogP contribution >= 0.6 is 11.3 Å². The normalized spacial score (nSPS) is 12.8. The average Bonchev–Trinajstić information content (AvgIpc) is 2.89. The molecule has 1 atom stereocenters. The largest absolute Gasteiger partial charge is 0.314 e. The van der Waals surface area contributed by atoms with E-state index in [1.807, 2.05) is 11.7 Å². The van der Waals surface area contributed by atoms with Crippen molar-refractivity contribution in [1.29, 1.82) is 0 Å². The van der Waals surface area contributed by atoms with Crippen LogP contribution in [0.2, 0.25) is 0 Å². The Kier molecular flexibility index (Phi) is 4.94. The van der Waals surface area contributed by atoms with Crippen LogP contribution in [0.4, 0.5) is 0 Å². The van der Waals surface area contributed by atoms with E-state index >= 15 is 0 Å². The van der Waals surface area contributed by atoms with E-state index < -0.39 is 0 Å². The maximum atomic E-state index is 4.58. The summed E-state index contributed by atoms with van der Waals surface area (Å²) in [6.45, 7) is 9.43. The third-order valence-corrected chi connectivity index (χ3v) is 4.68. The molecule has 0 aromatic carbocycles. The number of thiazole rings is 1. The summed E-state index contributed by atoms with van der Waals surface area (Å²) in [4.78, 5) is 4.58. The number of nitrogens with one attached hydrogen (secondary N) is 1. The van der Waals surface area contributed by atoms with Crippen LogP contribution in [0, 0.1) is 20.8 Å². The number of likely N-dealkylation sites (N-methyl/N-ethyl adjacent to an activating group) is 1. The first-order valence-corrected chi connectivity index (χ1v) is 8.02. The highest BCUT2D eigenvalue weighted by Gasteiger charge is 2.17. The molecule has 110 valence electrons. The van der Waals surface area contributed by atoms with Gasteiger partial charge in [-0.1, -0.05) is 6.92 Å². The zero-order valence-corrected chi connectivity index (χ0v) is 13.8. The quantitative estimate of drug-likeness (QED) is 0.890. The van der Waals surface area contributed by atoms with Crippen LogP contribution in [-0.4, -0.2) is 27.4 Å². The van der Waals surface area contributed by atoms with Gasteiger partial charge in [0.2, 0.25) is 0 Å². The molecule has 0 spiro atoms. The van der Waals surface area contributed by atoms with Gasteiger partial charge in [-0.25, -0.2) is 4.98 Å². The predicted octanol–water partition coefficient (Wildman–Crippen LogP) is 2.57. The van der Waals surface area contributed by atoms with Gasteiger partial charge >= 0.3 is 0 Å². The van der Waals surface area contributed by atoms with Crippen molar-refractivity contribution in [3.8, 4) is 0 Å². The van der Waals surface area contributed by atoms with E-state index in [4.69, 9.17) is 0 Å². The van der Waals surface area contributed by atoms with Gasteiger partial charge in [0.1, 0.15) is 0 Å². The first-order chi connectivity index (χ1) is 9.51. The first kappa shape index (κ1) is 15.2. The summed E-state index contributed by atoms with van der Waals surface area (Å²) in [6, 6.07) is 0.423. The molecular weight excluding hydrogens is 268 g/mol. The van der Waals surface area contributed by atoms with E-state index in [9.17, 15) is 0 Å². The summed E-state index contributed by atoms with van der Waals surface area (Å²) < 4.78 is 1.97. The maximum Gasteiger partial charge on any atom is 0.0943 e. The lowest BCUT2D eigenvalue weighted by Gasteiger charge is -2.17. The molecule has 2 heterocycles. The van der Waals surface area contributed by atoms with Crippen molar-refractivity contribution < 1.29 is 0 Å². The Morgan fingerprint density at radius 1 is 1.30 bits per heavy atom. The van der Waals surface area contributed by atoms with Gasteiger partial charge in [0.05, 0.1) is 10.7 Å². The van der Waals surface area contributed by atoms with Gasteiger partial charge in [0.15, 0.2) is 0 Å². The molecule has 0 aliphatic carbocycles. The van der Waals surface area contributed by atoms with Gasteiger partial charge in [-0.3, -0.25) is 4.68 Å². The van der Waals surface area contributed by atoms with E-state index in [-0.39, 0.29) is 0 Å². The molecule has 2 aromatic rings. The van der Waals surface area contributed by atoms with Crippen molar-refractivity contribution in [2.75, 3.05) is 6.54 Å². The first-order valence-electron chi connectivity index (χ1n) is 7.14. The van der Waals surface area contributed by atoms with Crippen LogP contribution in [-0.2, 0) is 19.9 Å². The van der Waals surface area contributed by atoms with Gasteiger partial charge < -0.3 is 5.32 Å². The van der Waals surface area contributed by atoms with Gasteiger partial charge in [-0.2, -0.15) is 5.10 Å². The van der Waals surface area contributed by atoms with Crippen molar-refractivity contribution in [2.45, 2.75) is 46.6 Å². The fourth-order valence-corrected chi connectivity index (χ4v) is 3.43. The van der Waals surface area contributed by atoms with Crippen molar-refractivity contribution in [1.82, 2.24) is 20.1 Å². The lowest BCUT2D eigenvalue weighted by atomic mass is 10.0. The molecule has 1 unspecified atom stereocenters. The molecule has 2 aromatic heterocycles. The molecular formula is C15H24N4S. The van der Waals surface area contributed by atoms with Crippen molar-refractivity contribution >= 4 is 11.3 Å². The highest BCUT2D eigenvalue weighted by atomic mass is 32.1. The van der Waals surface area contributed by atoms with Crippen LogP contribution in [0.1, 0.15) is 34.6 Å². The molecule has 20 heavy (non-hydrogen) atoms. The minimum Gasteiger partial charge on any atom is -0.314 e. The number of rotatable bonds is 6. The molecule has 5 heteroatoms. The van der Waals surface area contributed by atoms with Crippen LogP contribution in [0.3, 0.4) is 0 Å². The molecule has 0 amide bonds. The molecule has 0 bridgehead atoms. The Balaban J connectivity index is 2.12. The summed E-state index contributed by atoms with van der Waals surface area (Å²) in [5.74, 6) is 0. The van der Waals surface area contributed by atoms with E-state index in [2.05, 4.69) is 48.5 Å². The molecule has 0 aliphatic heterocycles. The Bertz CT molecular complexity index is 570. The van der Waals surface area contributed by atoms with Crippen LogP contribution in [0.5, 0.6) is 0 Å². The number of hydrogen-bond acceptors (Lipinski definition) is 4. The van der Waals surface area contributed by atoms with Crippen molar-refractivity contribution in [2.24, 2.45) is 7.05 Å². The number of nitrogens with zero attached hydrogens (tertiary/aromatic N) is 3. The minimum atomic E-state index is 0.423. The van der Waals surface area contributed by atoms with Gasteiger partial charge in [0.25, 0.3) is 0 Å². The number of aromatic nitrogens is 3. The molecule has 2 rings (SSSR count). The molecule has 4 nitrogen and oxygen atoms in total. The van der Waals surface area contributed by atoms with Gasteiger partial charge in [-0.05, 0) is 39.3 Å². The number of aryl methyl sites for hydroxylation is 3. The Morgan fingerprint density at radius 3 is 2.55 bits per heavy atom. The number of hydrogen-bond donors (Lipinski definition) is 1. The van der Waals surface area contributed by atoms with E-state index in [1.165, 1.54) is 16.3 Å². The predicted molar refractivity (Wildman–Crippen MR) is 84.4 cm³/mol. The molecule has 0 fully saturated rings.